The van der Waals surface area contributed by atoms with E-state index in [0.717, 1.165) is 36.5 Å². The third kappa shape index (κ3) is 80.3. The zero-order valence-electron chi connectivity index (χ0n) is 57.6. The number of esters is 2. The fourth-order valence-corrected chi connectivity index (χ4v) is 19100. The molecule has 0 atom stereocenters. The van der Waals surface area contributed by atoms with E-state index < -0.39 is 399 Å². The zero-order chi connectivity index (χ0) is 107. The van der Waals surface area contributed by atoms with Gasteiger partial charge in [0.1, 0.15) is 9.75 Å². The van der Waals surface area contributed by atoms with Crippen LogP contribution < -0.4 is 13.3 Å². The first-order valence-electron chi connectivity index (χ1n) is 24.8. The van der Waals surface area contributed by atoms with Crippen molar-refractivity contribution >= 4 is 1460 Å². The van der Waals surface area contributed by atoms with E-state index in [2.05, 4.69) is 1000 Å². The first-order chi connectivity index (χ1) is 63.2. The van der Waals surface area contributed by atoms with Crippen molar-refractivity contribution in [3.63, 3.8) is 0 Å². The Morgan fingerprint density at radius 1 is 0.270 bits per heavy atom. The van der Waals surface area contributed by atoms with Gasteiger partial charge in [0.05, 0.1) is 13.2 Å². The quantitative estimate of drug-likeness (QED) is 0.0249. The Morgan fingerprint density at radius 3 is 0.599 bits per heavy atom. The van der Waals surface area contributed by atoms with Gasteiger partial charge in [0.2, 0.25) is 0 Å². The Kier molecular flexibility index (Phi) is 185. The van der Waals surface area contributed by atoms with Gasteiger partial charge in [0, 0.05) is 35.8 Å². The summed E-state index contributed by atoms with van der Waals surface area (Å²) < 4.78 is 12.5. The van der Waals surface area contributed by atoms with E-state index >= 15 is 0 Å². The Hall–Kier alpha value is 72.3. The normalized spacial score (nSPS) is 16.8. The monoisotopic (exact) mass is 13600 g/mol. The third-order valence-corrected chi connectivity index (χ3v) is 7860. The number of thiophene rings is 2. The number of carbonyl (C=O) groups is 4. The molecule has 0 fully saturated rings. The van der Waals surface area contributed by atoms with Crippen LogP contribution in [0, 0.1) is 6.92 Å². The number of halogens is 104. The standard InChI is InChI=1S/C13H12O3S.C12H9BrO3S.I52.I51/c1-3-16-13(15)12-9(7-14)11-8(2)5-4-6-10(11)17-12;1-2-16-12(15)11-7(6-14)10-8(13)4-3-5-9(10)17-11;1-28(2)30(5)32(7)34(9)36(11)38(13)40(15)42(17)44(19)46(21)48(23)50(25)52(27)51(26)49(24)47(22)45(20)43(18)41(16)39(14)37(12)35(10)33(8)31(6)29(3)4;1-27-29(4)31(6)33(8)35(10)37(12)39(14)41(16)43(18)45(20)47(22)49(24)51(26)50(25)48(23)46(21)44(19)42(17)40(15)38(13)36(11)34(9)32(7)30(5)28(2)3/h4-7H,3H2,1-2H3;3-6H,2H2,1H3;;/q;;;-1. The summed E-state index contributed by atoms with van der Waals surface area (Å²) in [5.41, 5.74) is 1.84. The van der Waals surface area contributed by atoms with E-state index in [0.29, 0.717) is 53.6 Å². The molecule has 6 nitrogen and oxygen atoms in total. The van der Waals surface area contributed by atoms with Crippen molar-refractivity contribution in [3.05, 3.63) is 67.3 Å². The Labute approximate surface area is 1510 Å². The van der Waals surface area contributed by atoms with Gasteiger partial charge in [-0.2, -0.15) is 0 Å². The second kappa shape index (κ2) is 123. The van der Waals surface area contributed by atoms with Crippen molar-refractivity contribution in [1.82, 2.24) is 0 Å². The van der Waals surface area contributed by atoms with Crippen molar-refractivity contribution in [3.8, 4) is 0 Å². The molecule has 0 bridgehead atoms. The van der Waals surface area contributed by atoms with Crippen LogP contribution in [0.5, 0.6) is 0 Å². The summed E-state index contributed by atoms with van der Waals surface area (Å²) in [5.74, 6) is -0.863. The number of benzene rings is 2. The van der Waals surface area contributed by atoms with Crippen LogP contribution in [0.3, 0.4) is 0 Å². The molecule has 0 amide bonds. The van der Waals surface area contributed by atoms with Gasteiger partial charge in [0.15, 0.2) is 12.6 Å². The average Bonchev–Trinajstić information content (AvgIpc) is 1.65. The molecule has 0 aliphatic heterocycles. The number of hydrogen-bond donors (Lipinski definition) is 0. The fourth-order valence-electron chi connectivity index (χ4n) is 4.80. The molecule has 137 heavy (non-hydrogen) atoms. The number of carbonyl (C=O) groups excluding carboxylic acids is 4. The number of fused-ring (bicyclic) bond motifs is 2. The zero-order valence-corrected chi connectivity index (χ0v) is 283. The summed E-state index contributed by atoms with van der Waals surface area (Å²) in [6.07, 6.45) is 1.44. The van der Waals surface area contributed by atoms with Crippen molar-refractivity contribution in [1.29, 1.82) is 0 Å². The Bertz CT molecular complexity index is 3940. The van der Waals surface area contributed by atoms with E-state index in [1.54, 1.807) is 13.8 Å². The molecule has 0 saturated heterocycles. The van der Waals surface area contributed by atoms with Crippen LogP contribution in [0.1, 0.15) is 59.5 Å². The molecule has 2 aromatic carbocycles. The fraction of sp³-hybridized carbons (Fsp3) is 0.200. The molecular formula is C25H21BrI103O6S2-. The maximum atomic E-state index is 11.7. The van der Waals surface area contributed by atoms with Crippen LogP contribution in [-0.4, -0.2) is 37.7 Å². The van der Waals surface area contributed by atoms with E-state index in [1.165, 1.54) is 22.7 Å². The van der Waals surface area contributed by atoms with Crippen LogP contribution in [0.25, 0.3) is 20.2 Å². The molecule has 0 aliphatic carbocycles. The van der Waals surface area contributed by atoms with Crippen molar-refractivity contribution in [2.75, 3.05) is 13.2 Å². The van der Waals surface area contributed by atoms with Gasteiger partial charge < -0.3 is 9.47 Å². The number of rotatable bonds is 54. The molecule has 112 heteroatoms. The summed E-state index contributed by atoms with van der Waals surface area (Å²) in [4.78, 5) is 46.5. The van der Waals surface area contributed by atoms with Crippen LogP contribution in [0.2, 0.25) is 0 Å². The van der Waals surface area contributed by atoms with Crippen molar-refractivity contribution in [2.45, 2.75) is 20.8 Å². The molecule has 2 heterocycles. The van der Waals surface area contributed by atoms with Gasteiger partial charge in [-0.05, 0) is 44.5 Å². The molecule has 2 aromatic heterocycles. The molecule has 0 radical (unpaired) electrons. The minimum atomic E-state index is -0.583. The van der Waals surface area contributed by atoms with Crippen LogP contribution in [0.15, 0.2) is 40.9 Å². The van der Waals surface area contributed by atoms with Crippen LogP contribution >= 0.6 is 1410 Å². The topological polar surface area (TPSA) is 86.7 Å². The van der Waals surface area contributed by atoms with Gasteiger partial charge in [-0.3, -0.25) is 9.59 Å². The summed E-state index contributed by atoms with van der Waals surface area (Å²) in [6.45, 7) is 6.02. The molecule has 898 valence electrons. The minimum absolute atomic E-state index is 0.298. The Morgan fingerprint density at radius 2 is 0.431 bits per heavy atom. The summed E-state index contributed by atoms with van der Waals surface area (Å²) in [7, 11) is -26.2. The third-order valence-electron chi connectivity index (χ3n) is 8.70. The van der Waals surface area contributed by atoms with Crippen LogP contribution in [-0.2, 0) is 9.47 Å². The molecule has 0 spiro atoms. The second-order valence-electron chi connectivity index (χ2n) is 14.9. The predicted octanol–water partition coefficient (Wildman–Crippen LogP) is 94.2. The number of aldehydes is 2. The first kappa shape index (κ1) is 207. The molecule has 0 aliphatic rings. The van der Waals surface area contributed by atoms with Crippen LogP contribution in [0.4, 0.5) is 0 Å². The van der Waals surface area contributed by atoms with Gasteiger partial charge >= 0.3 is 1400 Å². The Balaban J connectivity index is 0.00000101. The van der Waals surface area contributed by atoms with E-state index in [9.17, 15) is 19.2 Å². The van der Waals surface area contributed by atoms with Gasteiger partial charge in [-0.1, -0.05) is 34.1 Å². The van der Waals surface area contributed by atoms with Gasteiger partial charge in [-0.15, -0.1) is 22.7 Å². The molecule has 4 aromatic rings. The molecular weight excluding hydrogens is 13600 g/mol. The predicted molar refractivity (Wildman–Crippen MR) is 1570 cm³/mol. The van der Waals surface area contributed by atoms with Crippen molar-refractivity contribution < 1.29 is 41.9 Å². The summed E-state index contributed by atoms with van der Waals surface area (Å²) in [6, 6.07) is 11.3. The number of ether oxygens (including phenoxy) is 2. The molecule has 4 rings (SSSR count). The molecule has 0 N–H and O–H groups in total. The summed E-state index contributed by atoms with van der Waals surface area (Å²) >= 11 is 180. The van der Waals surface area contributed by atoms with E-state index in [-0.39, 0.29) is 0 Å². The number of aryl methyl sites for hydroxylation is 1. The van der Waals surface area contributed by atoms with Gasteiger partial charge in [0.25, 0.3) is 0 Å². The average molecular weight is 13600 g/mol. The number of hydrogen-bond acceptors (Lipinski definition) is 8. The molecule has 0 unspecified atom stereocenters. The molecule has 0 saturated carbocycles. The van der Waals surface area contributed by atoms with E-state index in [1.807, 2.05) is 43.3 Å². The SMILES string of the molecule is CCOC(=O)c1sc2cccc(Br)c2c1C=O.CCOC(=O)c1sc2cccc(C)c2c1C=O.II(I)I(I)I(I)I(I)I(I)I(I)I(I)I(I)I(I)I(I)I(I)I(I)I(I)I(I)I(I)I(I)I(I)I(I)I(I)I(I)I(I)I(I)I(I)I(I)I(I)I.I[I-]I(I)I(I)I(I)I(I)I(I)I(I)I(I)I(I)I(I)I(I)I(I)I(I)I(I)I(I)I(I)I(I)I(I)I(I)I(I)I(I)I(I)I(I)I(I)I(I)I. The van der Waals surface area contributed by atoms with E-state index in [4.69, 9.17) is 9.47 Å². The van der Waals surface area contributed by atoms with Gasteiger partial charge in [-0.25, -0.2) is 9.59 Å². The second-order valence-corrected chi connectivity index (χ2v) is 2420. The maximum absolute atomic E-state index is 11.7. The first-order valence-corrected chi connectivity index (χ1v) is 662. The van der Waals surface area contributed by atoms with Crippen molar-refractivity contribution in [2.24, 2.45) is 0 Å². The summed E-state index contributed by atoms with van der Waals surface area (Å²) in [5, 5.41) is 1.63.